The van der Waals surface area contributed by atoms with Gasteiger partial charge < -0.3 is 14.8 Å². The first-order valence-electron chi connectivity index (χ1n) is 8.63. The Balaban J connectivity index is 2.48. The van der Waals surface area contributed by atoms with Gasteiger partial charge in [-0.05, 0) is 48.7 Å². The molecule has 0 aliphatic carbocycles. The average molecular weight is 354 g/mol. The minimum absolute atomic E-state index is 0.110. The molecule has 2 N–H and O–H groups in total. The molecule has 5 heteroatoms. The van der Waals surface area contributed by atoms with Crippen LogP contribution in [0.25, 0.3) is 0 Å². The molecule has 5 nitrogen and oxygen atoms in total. The summed E-state index contributed by atoms with van der Waals surface area (Å²) in [6.07, 6.45) is 1.82. The van der Waals surface area contributed by atoms with Crippen molar-refractivity contribution < 1.29 is 14.3 Å². The van der Waals surface area contributed by atoms with Gasteiger partial charge >= 0.3 is 0 Å². The number of amides is 1. The SMILES string of the molecule is CCCc1cc(OC)c(OC)cc1C(=N)c1ccc(NC(C)=O)c(C)c1. The molecule has 1 amide bonds. The van der Waals surface area contributed by atoms with Gasteiger partial charge in [-0.25, -0.2) is 0 Å². The van der Waals surface area contributed by atoms with E-state index in [2.05, 4.69) is 12.2 Å². The number of carbonyl (C=O) groups excluding carboxylic acids is 1. The van der Waals surface area contributed by atoms with Crippen LogP contribution >= 0.6 is 0 Å². The minimum atomic E-state index is -0.110. The van der Waals surface area contributed by atoms with Crippen LogP contribution in [0.2, 0.25) is 0 Å². The fourth-order valence-corrected chi connectivity index (χ4v) is 2.93. The molecule has 0 atom stereocenters. The lowest BCUT2D eigenvalue weighted by Gasteiger charge is -2.16. The van der Waals surface area contributed by atoms with Crippen LogP contribution in [0.4, 0.5) is 5.69 Å². The Labute approximate surface area is 154 Å². The topological polar surface area (TPSA) is 71.4 Å². The van der Waals surface area contributed by atoms with Gasteiger partial charge in [-0.1, -0.05) is 19.4 Å². The highest BCUT2D eigenvalue weighted by Crippen LogP contribution is 2.32. The van der Waals surface area contributed by atoms with Crippen molar-refractivity contribution in [2.24, 2.45) is 0 Å². The molecule has 0 radical (unpaired) electrons. The van der Waals surface area contributed by atoms with E-state index in [9.17, 15) is 4.79 Å². The molecule has 2 aromatic rings. The molecular formula is C21H26N2O3. The van der Waals surface area contributed by atoms with Crippen molar-refractivity contribution in [1.29, 1.82) is 5.41 Å². The van der Waals surface area contributed by atoms with E-state index >= 15 is 0 Å². The molecule has 0 unspecified atom stereocenters. The van der Waals surface area contributed by atoms with Crippen LogP contribution in [0.15, 0.2) is 30.3 Å². The molecule has 2 aromatic carbocycles. The normalized spacial score (nSPS) is 10.3. The summed E-state index contributed by atoms with van der Waals surface area (Å²) in [4.78, 5) is 11.3. The van der Waals surface area contributed by atoms with Gasteiger partial charge in [0.15, 0.2) is 11.5 Å². The van der Waals surface area contributed by atoms with Crippen LogP contribution in [0, 0.1) is 12.3 Å². The number of rotatable bonds is 7. The predicted octanol–water partition coefficient (Wildman–Crippen LogP) is 4.34. The van der Waals surface area contributed by atoms with Crippen LogP contribution in [-0.2, 0) is 11.2 Å². The number of nitrogens with one attached hydrogen (secondary N) is 2. The minimum Gasteiger partial charge on any atom is -0.493 e. The van der Waals surface area contributed by atoms with Gasteiger partial charge in [0.05, 0.1) is 19.9 Å². The third-order valence-corrected chi connectivity index (χ3v) is 4.22. The van der Waals surface area contributed by atoms with E-state index in [0.717, 1.165) is 40.8 Å². The van der Waals surface area contributed by atoms with Gasteiger partial charge in [0.25, 0.3) is 0 Å². The zero-order valence-electron chi connectivity index (χ0n) is 16.0. The highest BCUT2D eigenvalue weighted by Gasteiger charge is 2.16. The summed E-state index contributed by atoms with van der Waals surface area (Å²) in [6.45, 7) is 5.51. The lowest BCUT2D eigenvalue weighted by Crippen LogP contribution is -2.10. The molecule has 2 rings (SSSR count). The van der Waals surface area contributed by atoms with E-state index < -0.39 is 0 Å². The number of aryl methyl sites for hydroxylation is 2. The summed E-state index contributed by atoms with van der Waals surface area (Å²) in [6, 6.07) is 9.42. The van der Waals surface area contributed by atoms with E-state index in [-0.39, 0.29) is 5.91 Å². The van der Waals surface area contributed by atoms with Crippen LogP contribution in [-0.4, -0.2) is 25.8 Å². The summed E-state index contributed by atoms with van der Waals surface area (Å²) >= 11 is 0. The third-order valence-electron chi connectivity index (χ3n) is 4.22. The van der Waals surface area contributed by atoms with Crippen molar-refractivity contribution in [1.82, 2.24) is 0 Å². The molecule has 138 valence electrons. The first-order valence-corrected chi connectivity index (χ1v) is 8.63. The van der Waals surface area contributed by atoms with Crippen molar-refractivity contribution in [3.63, 3.8) is 0 Å². The summed E-state index contributed by atoms with van der Waals surface area (Å²) in [5.41, 5.74) is 4.78. The lowest BCUT2D eigenvalue weighted by atomic mass is 9.93. The van der Waals surface area contributed by atoms with Crippen molar-refractivity contribution in [2.45, 2.75) is 33.6 Å². The lowest BCUT2D eigenvalue weighted by molar-refractivity contribution is -0.114. The van der Waals surface area contributed by atoms with Gasteiger partial charge in [0.1, 0.15) is 0 Å². The molecule has 0 bridgehead atoms. The number of anilines is 1. The second-order valence-corrected chi connectivity index (χ2v) is 6.20. The van der Waals surface area contributed by atoms with Gasteiger partial charge in [-0.15, -0.1) is 0 Å². The van der Waals surface area contributed by atoms with Gasteiger partial charge in [-0.3, -0.25) is 10.2 Å². The first kappa shape index (κ1) is 19.5. The summed E-state index contributed by atoms with van der Waals surface area (Å²) in [5.74, 6) is 1.17. The Morgan fingerprint density at radius 2 is 1.77 bits per heavy atom. The third kappa shape index (κ3) is 4.23. The fourth-order valence-electron chi connectivity index (χ4n) is 2.93. The van der Waals surface area contributed by atoms with E-state index in [1.807, 2.05) is 37.3 Å². The molecule has 0 saturated carbocycles. The molecular weight excluding hydrogens is 328 g/mol. The first-order chi connectivity index (χ1) is 12.4. The second kappa shape index (κ2) is 8.52. The number of hydrogen-bond donors (Lipinski definition) is 2. The Morgan fingerprint density at radius 3 is 2.31 bits per heavy atom. The number of carbonyl (C=O) groups is 1. The molecule has 0 heterocycles. The van der Waals surface area contributed by atoms with Gasteiger partial charge in [-0.2, -0.15) is 0 Å². The van der Waals surface area contributed by atoms with Crippen LogP contribution in [0.1, 0.15) is 42.5 Å². The molecule has 0 fully saturated rings. The fraction of sp³-hybridized carbons (Fsp3) is 0.333. The van der Waals surface area contributed by atoms with Crippen LogP contribution < -0.4 is 14.8 Å². The summed E-state index contributed by atoms with van der Waals surface area (Å²) < 4.78 is 10.8. The van der Waals surface area contributed by atoms with Crippen LogP contribution in [0.5, 0.6) is 11.5 Å². The standard InChI is InChI=1S/C21H26N2O3/c1-6-7-15-11-19(25-4)20(26-5)12-17(15)21(22)16-8-9-18(13(2)10-16)23-14(3)24/h8-12,22H,6-7H2,1-5H3,(H,23,24). The number of ether oxygens (including phenoxy) is 2. The van der Waals surface area contributed by atoms with Gasteiger partial charge in [0.2, 0.25) is 5.91 Å². The monoisotopic (exact) mass is 354 g/mol. The Kier molecular flexibility index (Phi) is 6.39. The van der Waals surface area contributed by atoms with E-state index in [4.69, 9.17) is 14.9 Å². The Hall–Kier alpha value is -2.82. The zero-order valence-corrected chi connectivity index (χ0v) is 16.0. The maximum atomic E-state index is 11.3. The molecule has 0 aliphatic heterocycles. The van der Waals surface area contributed by atoms with Gasteiger partial charge in [0, 0.05) is 23.7 Å². The average Bonchev–Trinajstić information content (AvgIpc) is 2.62. The van der Waals surface area contributed by atoms with E-state index in [0.29, 0.717) is 17.2 Å². The van der Waals surface area contributed by atoms with E-state index in [1.54, 1.807) is 14.2 Å². The Bertz CT molecular complexity index is 828. The van der Waals surface area contributed by atoms with Crippen LogP contribution in [0.3, 0.4) is 0 Å². The maximum Gasteiger partial charge on any atom is 0.221 e. The van der Waals surface area contributed by atoms with Crippen molar-refractivity contribution >= 4 is 17.3 Å². The quantitative estimate of drug-likeness (QED) is 0.727. The molecule has 0 aromatic heterocycles. The highest BCUT2D eigenvalue weighted by atomic mass is 16.5. The highest BCUT2D eigenvalue weighted by molar-refractivity contribution is 6.12. The Morgan fingerprint density at radius 1 is 1.12 bits per heavy atom. The number of benzene rings is 2. The number of hydrogen-bond acceptors (Lipinski definition) is 4. The number of methoxy groups -OCH3 is 2. The summed E-state index contributed by atoms with van der Waals surface area (Å²) in [7, 11) is 3.21. The molecule has 0 aliphatic rings. The molecule has 0 spiro atoms. The maximum absolute atomic E-state index is 11.3. The molecule has 0 saturated heterocycles. The molecule has 26 heavy (non-hydrogen) atoms. The second-order valence-electron chi connectivity index (χ2n) is 6.20. The largest absolute Gasteiger partial charge is 0.493 e. The van der Waals surface area contributed by atoms with Crippen molar-refractivity contribution in [3.8, 4) is 11.5 Å². The zero-order chi connectivity index (χ0) is 19.3. The van der Waals surface area contributed by atoms with E-state index in [1.165, 1.54) is 6.92 Å². The summed E-state index contributed by atoms with van der Waals surface area (Å²) in [5, 5.41) is 11.5. The van der Waals surface area contributed by atoms with Crippen molar-refractivity contribution in [3.05, 3.63) is 52.6 Å². The predicted molar refractivity (Wildman–Crippen MR) is 105 cm³/mol. The smallest absolute Gasteiger partial charge is 0.221 e. The van der Waals surface area contributed by atoms with Crippen molar-refractivity contribution in [2.75, 3.05) is 19.5 Å².